The van der Waals surface area contributed by atoms with Crippen LogP contribution in [0.5, 0.6) is 0 Å². The molecule has 1 saturated carbocycles. The Labute approximate surface area is 120 Å². The quantitative estimate of drug-likeness (QED) is 0.832. The van der Waals surface area contributed by atoms with Crippen LogP contribution in [0.1, 0.15) is 54.2 Å². The van der Waals surface area contributed by atoms with Crippen LogP contribution in [0.2, 0.25) is 0 Å². The van der Waals surface area contributed by atoms with Crippen molar-refractivity contribution < 1.29 is 4.79 Å². The molecule has 1 N–H and O–H groups in total. The van der Waals surface area contributed by atoms with Gasteiger partial charge in [-0.15, -0.1) is 11.6 Å². The molecule has 1 amide bonds. The first-order valence-corrected chi connectivity index (χ1v) is 7.53. The van der Waals surface area contributed by atoms with Crippen molar-refractivity contribution in [3.05, 3.63) is 34.9 Å². The summed E-state index contributed by atoms with van der Waals surface area (Å²) in [5.74, 6) is -0.0535. The summed E-state index contributed by atoms with van der Waals surface area (Å²) in [6, 6.07) is 6.38. The maximum atomic E-state index is 12.2. The fourth-order valence-corrected chi connectivity index (χ4v) is 2.99. The number of hydrogen-bond acceptors (Lipinski definition) is 1. The van der Waals surface area contributed by atoms with Gasteiger partial charge in [0.1, 0.15) is 5.38 Å². The van der Waals surface area contributed by atoms with Crippen LogP contribution >= 0.6 is 11.6 Å². The summed E-state index contributed by atoms with van der Waals surface area (Å²) in [5, 5.41) is 2.51. The van der Waals surface area contributed by atoms with Crippen molar-refractivity contribution in [3.63, 3.8) is 0 Å². The van der Waals surface area contributed by atoms with Gasteiger partial charge in [-0.25, -0.2) is 0 Å². The maximum absolute atomic E-state index is 12.2. The second-order valence-corrected chi connectivity index (χ2v) is 6.00. The third-order valence-electron chi connectivity index (χ3n) is 3.89. The van der Waals surface area contributed by atoms with E-state index in [0.717, 1.165) is 29.5 Å². The van der Waals surface area contributed by atoms with Gasteiger partial charge in [-0.05, 0) is 37.8 Å². The van der Waals surface area contributed by atoms with Gasteiger partial charge in [-0.1, -0.05) is 43.0 Å². The van der Waals surface area contributed by atoms with Gasteiger partial charge in [0.05, 0.1) is 0 Å². The minimum atomic E-state index is -0.582. The molecular weight excluding hydrogens is 258 g/mol. The largest absolute Gasteiger partial charge is 0.352 e. The molecule has 0 heterocycles. The van der Waals surface area contributed by atoms with Gasteiger partial charge < -0.3 is 5.32 Å². The van der Waals surface area contributed by atoms with Crippen molar-refractivity contribution in [1.29, 1.82) is 0 Å². The maximum Gasteiger partial charge on any atom is 0.242 e. The van der Waals surface area contributed by atoms with E-state index in [1.165, 1.54) is 19.3 Å². The van der Waals surface area contributed by atoms with Crippen LogP contribution < -0.4 is 5.32 Å². The molecule has 1 unspecified atom stereocenters. The van der Waals surface area contributed by atoms with Gasteiger partial charge in [-0.3, -0.25) is 4.79 Å². The first kappa shape index (κ1) is 14.4. The normalized spacial score (nSPS) is 18.1. The summed E-state index contributed by atoms with van der Waals surface area (Å²) in [6.45, 7) is 4.02. The zero-order valence-electron chi connectivity index (χ0n) is 11.7. The summed E-state index contributed by atoms with van der Waals surface area (Å²) >= 11 is 6.34. The van der Waals surface area contributed by atoms with Crippen LogP contribution in [-0.4, -0.2) is 11.9 Å². The van der Waals surface area contributed by atoms with Gasteiger partial charge >= 0.3 is 0 Å². The van der Waals surface area contributed by atoms with Crippen LogP contribution in [0.15, 0.2) is 18.2 Å². The molecular formula is C16H22ClNO. The van der Waals surface area contributed by atoms with E-state index < -0.39 is 5.38 Å². The standard InChI is InChI=1S/C16H22ClNO/c1-11-8-9-12(2)14(10-11)15(17)16(19)18-13-6-4-3-5-7-13/h8-10,13,15H,3-7H2,1-2H3,(H,18,19). The molecule has 1 aliphatic carbocycles. The molecule has 2 nitrogen and oxygen atoms in total. The van der Waals surface area contributed by atoms with Crippen molar-refractivity contribution in [3.8, 4) is 0 Å². The fraction of sp³-hybridized carbons (Fsp3) is 0.562. The molecule has 1 atom stereocenters. The minimum absolute atomic E-state index is 0.0535. The van der Waals surface area contributed by atoms with E-state index in [4.69, 9.17) is 11.6 Å². The highest BCUT2D eigenvalue weighted by Crippen LogP contribution is 2.26. The molecule has 1 aromatic rings. The van der Waals surface area contributed by atoms with Gasteiger partial charge in [-0.2, -0.15) is 0 Å². The van der Waals surface area contributed by atoms with Crippen molar-refractivity contribution in [2.75, 3.05) is 0 Å². The van der Waals surface area contributed by atoms with Gasteiger partial charge in [0.15, 0.2) is 0 Å². The molecule has 1 fully saturated rings. The van der Waals surface area contributed by atoms with Crippen molar-refractivity contribution in [2.24, 2.45) is 0 Å². The predicted molar refractivity (Wildman–Crippen MR) is 79.5 cm³/mol. The lowest BCUT2D eigenvalue weighted by atomic mass is 9.95. The van der Waals surface area contributed by atoms with E-state index in [0.29, 0.717) is 6.04 Å². The van der Waals surface area contributed by atoms with Crippen LogP contribution in [0.4, 0.5) is 0 Å². The van der Waals surface area contributed by atoms with E-state index in [1.54, 1.807) is 0 Å². The molecule has 19 heavy (non-hydrogen) atoms. The van der Waals surface area contributed by atoms with Crippen molar-refractivity contribution in [1.82, 2.24) is 5.32 Å². The topological polar surface area (TPSA) is 29.1 Å². The van der Waals surface area contributed by atoms with Gasteiger partial charge in [0.25, 0.3) is 0 Å². The average Bonchev–Trinajstić information content (AvgIpc) is 2.42. The van der Waals surface area contributed by atoms with E-state index in [9.17, 15) is 4.79 Å². The SMILES string of the molecule is Cc1ccc(C)c(C(Cl)C(=O)NC2CCCCC2)c1. The Bertz CT molecular complexity index is 452. The average molecular weight is 280 g/mol. The van der Waals surface area contributed by atoms with E-state index in [2.05, 4.69) is 5.32 Å². The predicted octanol–water partition coefficient (Wildman–Crippen LogP) is 4.03. The fourth-order valence-electron chi connectivity index (χ4n) is 2.70. The van der Waals surface area contributed by atoms with E-state index >= 15 is 0 Å². The lowest BCUT2D eigenvalue weighted by Crippen LogP contribution is -2.38. The molecule has 104 valence electrons. The third-order valence-corrected chi connectivity index (χ3v) is 4.32. The monoisotopic (exact) mass is 279 g/mol. The number of amides is 1. The number of carbonyl (C=O) groups excluding carboxylic acids is 1. The Morgan fingerprint density at radius 1 is 1.26 bits per heavy atom. The second-order valence-electron chi connectivity index (χ2n) is 5.57. The van der Waals surface area contributed by atoms with Gasteiger partial charge in [0, 0.05) is 6.04 Å². The van der Waals surface area contributed by atoms with Crippen LogP contribution in [0.25, 0.3) is 0 Å². The second kappa shape index (κ2) is 6.42. The molecule has 0 radical (unpaired) electrons. The summed E-state index contributed by atoms with van der Waals surface area (Å²) in [7, 11) is 0. The first-order chi connectivity index (χ1) is 9.08. The zero-order valence-corrected chi connectivity index (χ0v) is 12.5. The summed E-state index contributed by atoms with van der Waals surface area (Å²) in [6.07, 6.45) is 5.88. The Balaban J connectivity index is 2.03. The lowest BCUT2D eigenvalue weighted by molar-refractivity contribution is -0.121. The zero-order chi connectivity index (χ0) is 13.8. The van der Waals surface area contributed by atoms with Crippen molar-refractivity contribution >= 4 is 17.5 Å². The lowest BCUT2D eigenvalue weighted by Gasteiger charge is -2.24. The number of carbonyl (C=O) groups is 1. The van der Waals surface area contributed by atoms with Gasteiger partial charge in [0.2, 0.25) is 5.91 Å². The number of halogens is 1. The van der Waals surface area contributed by atoms with Crippen LogP contribution in [0.3, 0.4) is 0 Å². The highest BCUT2D eigenvalue weighted by molar-refractivity contribution is 6.30. The summed E-state index contributed by atoms with van der Waals surface area (Å²) in [5.41, 5.74) is 3.14. The van der Waals surface area contributed by atoms with E-state index in [1.807, 2.05) is 32.0 Å². The number of alkyl halides is 1. The summed E-state index contributed by atoms with van der Waals surface area (Å²) in [4.78, 5) is 12.2. The Hall–Kier alpha value is -1.02. The minimum Gasteiger partial charge on any atom is -0.352 e. The number of hydrogen-bond donors (Lipinski definition) is 1. The smallest absolute Gasteiger partial charge is 0.242 e. The summed E-state index contributed by atoms with van der Waals surface area (Å²) < 4.78 is 0. The molecule has 3 heteroatoms. The van der Waals surface area contributed by atoms with Crippen molar-refractivity contribution in [2.45, 2.75) is 57.4 Å². The highest BCUT2D eigenvalue weighted by Gasteiger charge is 2.23. The molecule has 0 spiro atoms. The Kier molecular flexibility index (Phi) is 4.87. The number of nitrogens with one attached hydrogen (secondary N) is 1. The van der Waals surface area contributed by atoms with E-state index in [-0.39, 0.29) is 5.91 Å². The number of rotatable bonds is 3. The molecule has 1 aromatic carbocycles. The molecule has 0 aliphatic heterocycles. The number of benzene rings is 1. The molecule has 1 aliphatic rings. The molecule has 0 bridgehead atoms. The van der Waals surface area contributed by atoms with Crippen LogP contribution in [-0.2, 0) is 4.79 Å². The van der Waals surface area contributed by atoms with Crippen LogP contribution in [0, 0.1) is 13.8 Å². The highest BCUT2D eigenvalue weighted by atomic mass is 35.5. The Morgan fingerprint density at radius 3 is 2.63 bits per heavy atom. The molecule has 0 aromatic heterocycles. The first-order valence-electron chi connectivity index (χ1n) is 7.09. The molecule has 0 saturated heterocycles. The number of aryl methyl sites for hydroxylation is 2. The third kappa shape index (κ3) is 3.73. The molecule has 2 rings (SSSR count). The Morgan fingerprint density at radius 2 is 1.95 bits per heavy atom.